The Morgan fingerprint density at radius 3 is 2.78 bits per heavy atom. The molecule has 3 heteroatoms. The van der Waals surface area contributed by atoms with Crippen molar-refractivity contribution in [2.75, 3.05) is 0 Å². The fraction of sp³-hybridized carbons (Fsp3) is 0. The normalized spacial score (nSPS) is 7.00. The molecule has 0 aliphatic heterocycles. The van der Waals surface area contributed by atoms with E-state index in [-0.39, 0.29) is 29.6 Å². The molecule has 1 aromatic rings. The number of aromatic nitrogens is 1. The van der Waals surface area contributed by atoms with Gasteiger partial charge in [0.25, 0.3) is 0 Å². The fourth-order valence-electron chi connectivity index (χ4n) is 0.385. The van der Waals surface area contributed by atoms with Gasteiger partial charge in [-0.05, 0) is 0 Å². The number of hydrogen-bond donors (Lipinski definition) is 0. The second kappa shape index (κ2) is 4.51. The fourth-order valence-corrected chi connectivity index (χ4v) is 0.385. The van der Waals surface area contributed by atoms with Gasteiger partial charge in [0.15, 0.2) is 0 Å². The minimum absolute atomic E-state index is 0. The molecule has 0 aromatic carbocycles. The SMILES string of the molecule is N#Cc1c[c-]ncc1.[Na+]. The minimum atomic E-state index is 0. The molecule has 0 unspecified atom stereocenters. The van der Waals surface area contributed by atoms with Crippen LogP contribution in [0, 0.1) is 17.5 Å². The van der Waals surface area contributed by atoms with Crippen molar-refractivity contribution in [2.45, 2.75) is 0 Å². The summed E-state index contributed by atoms with van der Waals surface area (Å²) in [5.41, 5.74) is 0.597. The third-order valence-corrected chi connectivity index (χ3v) is 0.752. The van der Waals surface area contributed by atoms with E-state index in [0.29, 0.717) is 5.56 Å². The predicted molar refractivity (Wildman–Crippen MR) is 27.8 cm³/mol. The monoisotopic (exact) mass is 126 g/mol. The van der Waals surface area contributed by atoms with Crippen molar-refractivity contribution in [3.05, 3.63) is 30.1 Å². The molecule has 1 rings (SSSR count). The van der Waals surface area contributed by atoms with E-state index in [0.717, 1.165) is 0 Å². The number of nitriles is 1. The van der Waals surface area contributed by atoms with E-state index in [2.05, 4.69) is 11.2 Å². The van der Waals surface area contributed by atoms with Crippen LogP contribution in [0.4, 0.5) is 0 Å². The van der Waals surface area contributed by atoms with Crippen molar-refractivity contribution in [2.24, 2.45) is 0 Å². The van der Waals surface area contributed by atoms with Gasteiger partial charge in [-0.3, -0.25) is 0 Å². The first kappa shape index (κ1) is 8.64. The molecule has 0 N–H and O–H groups in total. The van der Waals surface area contributed by atoms with Crippen molar-refractivity contribution in [3.8, 4) is 6.07 Å². The molecule has 9 heavy (non-hydrogen) atoms. The standard InChI is InChI=1S/C6H3N2.Na/c7-5-6-1-3-8-4-2-6;/h1-3H;/q-1;+1. The third-order valence-electron chi connectivity index (χ3n) is 0.752. The zero-order chi connectivity index (χ0) is 5.82. The summed E-state index contributed by atoms with van der Waals surface area (Å²) >= 11 is 0. The zero-order valence-corrected chi connectivity index (χ0v) is 7.13. The molecule has 0 amide bonds. The van der Waals surface area contributed by atoms with Gasteiger partial charge >= 0.3 is 29.6 Å². The Morgan fingerprint density at radius 2 is 2.44 bits per heavy atom. The summed E-state index contributed by atoms with van der Waals surface area (Å²) in [4.78, 5) is 3.62. The molecule has 0 atom stereocenters. The van der Waals surface area contributed by atoms with Crippen molar-refractivity contribution >= 4 is 0 Å². The molecule has 1 heterocycles. The molecule has 0 bridgehead atoms. The maximum atomic E-state index is 8.24. The van der Waals surface area contributed by atoms with E-state index in [1.165, 1.54) is 0 Å². The van der Waals surface area contributed by atoms with Crippen molar-refractivity contribution in [3.63, 3.8) is 0 Å². The quantitative estimate of drug-likeness (QED) is 0.291. The van der Waals surface area contributed by atoms with Gasteiger partial charge in [-0.25, -0.2) is 5.26 Å². The Balaban J connectivity index is 0.000000640. The van der Waals surface area contributed by atoms with E-state index in [1.54, 1.807) is 18.3 Å². The van der Waals surface area contributed by atoms with E-state index >= 15 is 0 Å². The van der Waals surface area contributed by atoms with Crippen LogP contribution >= 0.6 is 0 Å². The predicted octanol–water partition coefficient (Wildman–Crippen LogP) is -2.24. The average Bonchev–Trinajstić information content (AvgIpc) is 1.90. The van der Waals surface area contributed by atoms with Gasteiger partial charge in [-0.15, -0.1) is 12.1 Å². The summed E-state index contributed by atoms with van der Waals surface area (Å²) in [6.07, 6.45) is 4.08. The first-order valence-corrected chi connectivity index (χ1v) is 2.15. The van der Waals surface area contributed by atoms with Crippen LogP contribution in [-0.2, 0) is 0 Å². The Bertz CT molecular complexity index is 202. The minimum Gasteiger partial charge on any atom is -0.394 e. The maximum Gasteiger partial charge on any atom is 1.00 e. The Morgan fingerprint density at radius 1 is 1.67 bits per heavy atom. The molecular weight excluding hydrogens is 123 g/mol. The molecule has 0 fully saturated rings. The van der Waals surface area contributed by atoms with Crippen molar-refractivity contribution in [1.82, 2.24) is 4.98 Å². The van der Waals surface area contributed by atoms with Crippen LogP contribution in [0.25, 0.3) is 0 Å². The van der Waals surface area contributed by atoms with Crippen LogP contribution in [0.1, 0.15) is 5.56 Å². The summed E-state index contributed by atoms with van der Waals surface area (Å²) < 4.78 is 0. The molecule has 0 aliphatic rings. The summed E-state index contributed by atoms with van der Waals surface area (Å²) in [6.45, 7) is 0. The van der Waals surface area contributed by atoms with Crippen LogP contribution in [0.2, 0.25) is 0 Å². The summed E-state index contributed by atoms with van der Waals surface area (Å²) in [7, 11) is 0. The molecule has 0 saturated carbocycles. The Hall–Kier alpha value is -0.360. The van der Waals surface area contributed by atoms with E-state index in [9.17, 15) is 0 Å². The molecule has 2 nitrogen and oxygen atoms in total. The van der Waals surface area contributed by atoms with Gasteiger partial charge in [-0.1, -0.05) is 18.0 Å². The molecule has 0 radical (unpaired) electrons. The van der Waals surface area contributed by atoms with Crippen LogP contribution in [0.15, 0.2) is 18.3 Å². The molecular formula is C6H3N2Na. The van der Waals surface area contributed by atoms with Gasteiger partial charge in [0.05, 0.1) is 0 Å². The van der Waals surface area contributed by atoms with Gasteiger partial charge in [-0.2, -0.15) is 0 Å². The summed E-state index contributed by atoms with van der Waals surface area (Å²) in [5, 5.41) is 8.24. The Kier molecular flexibility index (Phi) is 4.33. The van der Waals surface area contributed by atoms with E-state index in [1.807, 2.05) is 6.07 Å². The van der Waals surface area contributed by atoms with E-state index in [4.69, 9.17) is 5.26 Å². The van der Waals surface area contributed by atoms with Crippen LogP contribution in [0.3, 0.4) is 0 Å². The molecule has 1 aromatic heterocycles. The second-order valence-corrected chi connectivity index (χ2v) is 1.29. The second-order valence-electron chi connectivity index (χ2n) is 1.29. The first-order chi connectivity index (χ1) is 3.93. The van der Waals surface area contributed by atoms with Crippen molar-refractivity contribution < 1.29 is 29.6 Å². The smallest absolute Gasteiger partial charge is 0.394 e. The van der Waals surface area contributed by atoms with Crippen molar-refractivity contribution in [1.29, 1.82) is 5.26 Å². The van der Waals surface area contributed by atoms with Crippen LogP contribution in [0.5, 0.6) is 0 Å². The molecule has 0 saturated heterocycles. The van der Waals surface area contributed by atoms with E-state index < -0.39 is 0 Å². The number of pyridine rings is 1. The van der Waals surface area contributed by atoms with Gasteiger partial charge < -0.3 is 4.98 Å². The molecule has 0 spiro atoms. The molecule has 38 valence electrons. The number of rotatable bonds is 0. The molecule has 0 aliphatic carbocycles. The van der Waals surface area contributed by atoms with Gasteiger partial charge in [0.2, 0.25) is 0 Å². The topological polar surface area (TPSA) is 36.7 Å². The maximum absolute atomic E-state index is 8.24. The number of nitrogens with zero attached hydrogens (tertiary/aromatic N) is 2. The average molecular weight is 126 g/mol. The largest absolute Gasteiger partial charge is 1.00 e. The summed E-state index contributed by atoms with van der Waals surface area (Å²) in [6, 6.07) is 5.13. The van der Waals surface area contributed by atoms with Crippen LogP contribution in [-0.4, -0.2) is 4.98 Å². The zero-order valence-electron chi connectivity index (χ0n) is 5.13. The number of hydrogen-bond acceptors (Lipinski definition) is 2. The van der Waals surface area contributed by atoms with Crippen LogP contribution < -0.4 is 29.6 Å². The summed E-state index contributed by atoms with van der Waals surface area (Å²) in [5.74, 6) is 0. The third kappa shape index (κ3) is 2.62. The van der Waals surface area contributed by atoms with Gasteiger partial charge in [0, 0.05) is 6.07 Å². The Labute approximate surface area is 75.8 Å². The van der Waals surface area contributed by atoms with Gasteiger partial charge in [0.1, 0.15) is 0 Å². The first-order valence-electron chi connectivity index (χ1n) is 2.15.